The number of nitrogens with two attached hydrogens (primary N) is 1. The summed E-state index contributed by atoms with van der Waals surface area (Å²) in [5.41, 5.74) is 7.74. The predicted octanol–water partition coefficient (Wildman–Crippen LogP) is 3.57. The van der Waals surface area contributed by atoms with Crippen molar-refractivity contribution in [1.82, 2.24) is 0 Å². The standard InChI is InChI=1S/C15H15NO2/c1-10-5-3-4-6-15(10)18-12-7-8-14(16)13(9-12)11(2)17/h3-9H,16H2,1-2H3. The fourth-order valence-corrected chi connectivity index (χ4v) is 1.70. The summed E-state index contributed by atoms with van der Waals surface area (Å²) in [5, 5.41) is 0. The first-order valence-electron chi connectivity index (χ1n) is 5.72. The number of benzene rings is 2. The second-order valence-electron chi connectivity index (χ2n) is 4.17. The van der Waals surface area contributed by atoms with Crippen LogP contribution in [0.2, 0.25) is 0 Å². The van der Waals surface area contributed by atoms with E-state index in [9.17, 15) is 4.79 Å². The highest BCUT2D eigenvalue weighted by molar-refractivity contribution is 5.99. The molecular weight excluding hydrogens is 226 g/mol. The molecule has 18 heavy (non-hydrogen) atoms. The van der Waals surface area contributed by atoms with E-state index in [0.29, 0.717) is 17.0 Å². The zero-order valence-corrected chi connectivity index (χ0v) is 10.4. The van der Waals surface area contributed by atoms with Gasteiger partial charge in [0.2, 0.25) is 0 Å². The Hall–Kier alpha value is -2.29. The Balaban J connectivity index is 2.33. The molecule has 0 aliphatic heterocycles. The van der Waals surface area contributed by atoms with E-state index in [-0.39, 0.29) is 5.78 Å². The molecule has 2 N–H and O–H groups in total. The number of carbonyl (C=O) groups excluding carboxylic acids is 1. The Morgan fingerprint density at radius 3 is 2.56 bits per heavy atom. The van der Waals surface area contributed by atoms with Crippen molar-refractivity contribution in [2.75, 3.05) is 5.73 Å². The fourth-order valence-electron chi connectivity index (χ4n) is 1.70. The molecule has 0 fully saturated rings. The molecule has 92 valence electrons. The average molecular weight is 241 g/mol. The summed E-state index contributed by atoms with van der Waals surface area (Å²) in [4.78, 5) is 11.4. The lowest BCUT2D eigenvalue weighted by Crippen LogP contribution is -2.00. The minimum Gasteiger partial charge on any atom is -0.457 e. The molecule has 0 atom stereocenters. The van der Waals surface area contributed by atoms with E-state index in [1.54, 1.807) is 18.2 Å². The molecule has 0 unspecified atom stereocenters. The first-order chi connectivity index (χ1) is 8.58. The van der Waals surface area contributed by atoms with Gasteiger partial charge in [-0.05, 0) is 43.7 Å². The molecule has 0 bridgehead atoms. The number of hydrogen-bond donors (Lipinski definition) is 1. The second kappa shape index (κ2) is 4.92. The summed E-state index contributed by atoms with van der Waals surface area (Å²) in [7, 11) is 0. The van der Waals surface area contributed by atoms with Gasteiger partial charge in [0.05, 0.1) is 0 Å². The third kappa shape index (κ3) is 2.51. The molecule has 2 rings (SSSR count). The average Bonchev–Trinajstić information content (AvgIpc) is 2.34. The number of rotatable bonds is 3. The number of Topliss-reactive ketones (excluding diaryl/α,β-unsaturated/α-hetero) is 1. The van der Waals surface area contributed by atoms with Gasteiger partial charge < -0.3 is 10.5 Å². The van der Waals surface area contributed by atoms with Gasteiger partial charge in [-0.2, -0.15) is 0 Å². The van der Waals surface area contributed by atoms with Crippen molar-refractivity contribution in [3.8, 4) is 11.5 Å². The summed E-state index contributed by atoms with van der Waals surface area (Å²) < 4.78 is 5.75. The fraction of sp³-hybridized carbons (Fsp3) is 0.133. The van der Waals surface area contributed by atoms with Crippen LogP contribution in [0, 0.1) is 6.92 Å². The van der Waals surface area contributed by atoms with Gasteiger partial charge in [-0.3, -0.25) is 4.79 Å². The molecule has 0 heterocycles. The largest absolute Gasteiger partial charge is 0.457 e. The number of nitrogen functional groups attached to an aromatic ring is 1. The van der Waals surface area contributed by atoms with E-state index in [4.69, 9.17) is 10.5 Å². The van der Waals surface area contributed by atoms with Crippen LogP contribution in [-0.2, 0) is 0 Å². The van der Waals surface area contributed by atoms with Gasteiger partial charge in [0, 0.05) is 11.3 Å². The van der Waals surface area contributed by atoms with E-state index in [1.165, 1.54) is 6.92 Å². The van der Waals surface area contributed by atoms with E-state index in [1.807, 2.05) is 31.2 Å². The number of hydrogen-bond acceptors (Lipinski definition) is 3. The van der Waals surface area contributed by atoms with Crippen LogP contribution in [0.3, 0.4) is 0 Å². The van der Waals surface area contributed by atoms with Crippen molar-refractivity contribution in [1.29, 1.82) is 0 Å². The summed E-state index contributed by atoms with van der Waals surface area (Å²) in [6.07, 6.45) is 0. The Labute approximate surface area is 106 Å². The second-order valence-corrected chi connectivity index (χ2v) is 4.17. The topological polar surface area (TPSA) is 52.3 Å². The molecule has 0 radical (unpaired) electrons. The number of para-hydroxylation sites is 1. The molecule has 2 aromatic carbocycles. The van der Waals surface area contributed by atoms with Crippen LogP contribution >= 0.6 is 0 Å². The zero-order valence-electron chi connectivity index (χ0n) is 10.4. The van der Waals surface area contributed by atoms with Gasteiger partial charge in [0.25, 0.3) is 0 Å². The SMILES string of the molecule is CC(=O)c1cc(Oc2ccccc2C)ccc1N. The molecule has 0 saturated carbocycles. The lowest BCUT2D eigenvalue weighted by atomic mass is 10.1. The van der Waals surface area contributed by atoms with Crippen molar-refractivity contribution in [3.63, 3.8) is 0 Å². The van der Waals surface area contributed by atoms with Crippen LogP contribution in [0.1, 0.15) is 22.8 Å². The van der Waals surface area contributed by atoms with Gasteiger partial charge in [-0.15, -0.1) is 0 Å². The maximum absolute atomic E-state index is 11.4. The summed E-state index contributed by atoms with van der Waals surface area (Å²) >= 11 is 0. The maximum Gasteiger partial charge on any atom is 0.162 e. The van der Waals surface area contributed by atoms with Crippen molar-refractivity contribution in [2.24, 2.45) is 0 Å². The minimum atomic E-state index is -0.0669. The van der Waals surface area contributed by atoms with E-state index < -0.39 is 0 Å². The highest BCUT2D eigenvalue weighted by Gasteiger charge is 2.07. The monoisotopic (exact) mass is 241 g/mol. The van der Waals surface area contributed by atoms with Gasteiger partial charge in [-0.1, -0.05) is 18.2 Å². The number of ketones is 1. The van der Waals surface area contributed by atoms with Crippen molar-refractivity contribution >= 4 is 11.5 Å². The van der Waals surface area contributed by atoms with E-state index >= 15 is 0 Å². The lowest BCUT2D eigenvalue weighted by Gasteiger charge is -2.10. The number of anilines is 1. The third-order valence-corrected chi connectivity index (χ3v) is 2.73. The van der Waals surface area contributed by atoms with Gasteiger partial charge in [0.1, 0.15) is 11.5 Å². The van der Waals surface area contributed by atoms with Crippen LogP contribution < -0.4 is 10.5 Å². The van der Waals surface area contributed by atoms with Crippen molar-refractivity contribution in [2.45, 2.75) is 13.8 Å². The molecule has 0 spiro atoms. The molecule has 3 heteroatoms. The van der Waals surface area contributed by atoms with Crippen LogP contribution in [0.4, 0.5) is 5.69 Å². The Bertz CT molecular complexity index is 591. The Morgan fingerprint density at radius 2 is 1.89 bits per heavy atom. The first kappa shape index (κ1) is 12.2. The Morgan fingerprint density at radius 1 is 1.17 bits per heavy atom. The molecule has 2 aromatic rings. The van der Waals surface area contributed by atoms with E-state index in [2.05, 4.69) is 0 Å². The molecule has 0 aromatic heterocycles. The summed E-state index contributed by atoms with van der Waals surface area (Å²) in [6.45, 7) is 3.46. The van der Waals surface area contributed by atoms with E-state index in [0.717, 1.165) is 11.3 Å². The Kier molecular flexibility index (Phi) is 3.33. The highest BCUT2D eigenvalue weighted by Crippen LogP contribution is 2.27. The van der Waals surface area contributed by atoms with Gasteiger partial charge >= 0.3 is 0 Å². The molecule has 0 saturated heterocycles. The minimum absolute atomic E-state index is 0.0669. The number of aryl methyl sites for hydroxylation is 1. The summed E-state index contributed by atoms with van der Waals surface area (Å²) in [5.74, 6) is 1.32. The van der Waals surface area contributed by atoms with Crippen molar-refractivity contribution < 1.29 is 9.53 Å². The van der Waals surface area contributed by atoms with Crippen LogP contribution in [-0.4, -0.2) is 5.78 Å². The number of ether oxygens (including phenoxy) is 1. The predicted molar refractivity (Wildman–Crippen MR) is 72.1 cm³/mol. The molecule has 0 aliphatic rings. The quantitative estimate of drug-likeness (QED) is 0.660. The maximum atomic E-state index is 11.4. The molecule has 0 aliphatic carbocycles. The molecule has 0 amide bonds. The zero-order chi connectivity index (χ0) is 13.1. The van der Waals surface area contributed by atoms with Crippen molar-refractivity contribution in [3.05, 3.63) is 53.6 Å². The van der Waals surface area contributed by atoms with Gasteiger partial charge in [-0.25, -0.2) is 0 Å². The van der Waals surface area contributed by atoms with Crippen LogP contribution in [0.5, 0.6) is 11.5 Å². The number of carbonyl (C=O) groups is 1. The third-order valence-electron chi connectivity index (χ3n) is 2.73. The summed E-state index contributed by atoms with van der Waals surface area (Å²) in [6, 6.07) is 12.8. The normalized spacial score (nSPS) is 10.1. The van der Waals surface area contributed by atoms with Crippen LogP contribution in [0.15, 0.2) is 42.5 Å². The first-order valence-corrected chi connectivity index (χ1v) is 5.72. The van der Waals surface area contributed by atoms with Crippen LogP contribution in [0.25, 0.3) is 0 Å². The lowest BCUT2D eigenvalue weighted by molar-refractivity contribution is 0.101. The molecule has 3 nitrogen and oxygen atoms in total. The smallest absolute Gasteiger partial charge is 0.162 e. The van der Waals surface area contributed by atoms with Gasteiger partial charge in [0.15, 0.2) is 5.78 Å². The highest BCUT2D eigenvalue weighted by atomic mass is 16.5. The molecular formula is C15H15NO2.